The third-order valence-electron chi connectivity index (χ3n) is 2.11. The zero-order valence-corrected chi connectivity index (χ0v) is 9.22. The van der Waals surface area contributed by atoms with Gasteiger partial charge in [0.25, 0.3) is 0 Å². The summed E-state index contributed by atoms with van der Waals surface area (Å²) in [4.78, 5) is 11.4. The molecule has 1 rings (SSSR count). The summed E-state index contributed by atoms with van der Waals surface area (Å²) >= 11 is 1.68. The van der Waals surface area contributed by atoms with Gasteiger partial charge in [0.15, 0.2) is 0 Å². The third kappa shape index (κ3) is 3.86. The standard InChI is InChI=1S/C9H17NO3S/c1-14-5-3-8(10)9(11)13-7-2-4-12-6-7/h7-8H,2-6,10H2,1H3/t7?,8-/m1/s1. The van der Waals surface area contributed by atoms with Crippen LogP contribution < -0.4 is 5.73 Å². The molecule has 0 aromatic heterocycles. The predicted octanol–water partition coefficient (Wildman–Crippen LogP) is 0.399. The van der Waals surface area contributed by atoms with Crippen LogP contribution in [0.15, 0.2) is 0 Å². The van der Waals surface area contributed by atoms with Crippen molar-refractivity contribution in [3.05, 3.63) is 0 Å². The lowest BCUT2D eigenvalue weighted by Crippen LogP contribution is -2.35. The zero-order chi connectivity index (χ0) is 10.4. The Balaban J connectivity index is 2.18. The van der Waals surface area contributed by atoms with Crippen LogP contribution in [0.5, 0.6) is 0 Å². The molecule has 0 aromatic carbocycles. The van der Waals surface area contributed by atoms with Crippen LogP contribution >= 0.6 is 11.8 Å². The number of rotatable bonds is 5. The second kappa shape index (κ2) is 6.27. The topological polar surface area (TPSA) is 61.6 Å². The molecule has 0 radical (unpaired) electrons. The first-order valence-corrected chi connectivity index (χ1v) is 6.16. The fourth-order valence-corrected chi connectivity index (χ4v) is 1.71. The highest BCUT2D eigenvalue weighted by atomic mass is 32.2. The Morgan fingerprint density at radius 3 is 3.14 bits per heavy atom. The average Bonchev–Trinajstić information content (AvgIpc) is 2.66. The number of ether oxygens (including phenoxy) is 2. The summed E-state index contributed by atoms with van der Waals surface area (Å²) in [5, 5.41) is 0. The molecule has 0 aliphatic carbocycles. The predicted molar refractivity (Wildman–Crippen MR) is 56.3 cm³/mol. The Labute approximate surface area is 88.5 Å². The molecule has 0 saturated carbocycles. The molecule has 0 amide bonds. The van der Waals surface area contributed by atoms with Gasteiger partial charge in [-0.2, -0.15) is 11.8 Å². The van der Waals surface area contributed by atoms with Crippen LogP contribution in [0.4, 0.5) is 0 Å². The van der Waals surface area contributed by atoms with Gasteiger partial charge in [-0.25, -0.2) is 0 Å². The fraction of sp³-hybridized carbons (Fsp3) is 0.889. The van der Waals surface area contributed by atoms with E-state index in [0.29, 0.717) is 19.6 Å². The minimum Gasteiger partial charge on any atom is -0.459 e. The van der Waals surface area contributed by atoms with E-state index in [9.17, 15) is 4.79 Å². The van der Waals surface area contributed by atoms with Gasteiger partial charge in [0.05, 0.1) is 13.2 Å². The van der Waals surface area contributed by atoms with Crippen molar-refractivity contribution in [2.45, 2.75) is 25.0 Å². The minimum atomic E-state index is -0.483. The van der Waals surface area contributed by atoms with E-state index in [-0.39, 0.29) is 12.1 Å². The molecule has 1 aliphatic heterocycles. The molecule has 1 saturated heterocycles. The van der Waals surface area contributed by atoms with Crippen molar-refractivity contribution in [2.75, 3.05) is 25.2 Å². The summed E-state index contributed by atoms with van der Waals surface area (Å²) in [6.07, 6.45) is 3.38. The average molecular weight is 219 g/mol. The highest BCUT2D eigenvalue weighted by molar-refractivity contribution is 7.98. The molecule has 1 fully saturated rings. The van der Waals surface area contributed by atoms with E-state index < -0.39 is 6.04 Å². The quantitative estimate of drug-likeness (QED) is 0.678. The van der Waals surface area contributed by atoms with Crippen LogP contribution in [-0.2, 0) is 14.3 Å². The Morgan fingerprint density at radius 2 is 2.57 bits per heavy atom. The molecule has 0 spiro atoms. The number of esters is 1. The molecule has 1 heterocycles. The maximum atomic E-state index is 11.4. The van der Waals surface area contributed by atoms with Gasteiger partial charge in [0.1, 0.15) is 12.1 Å². The summed E-state index contributed by atoms with van der Waals surface area (Å²) in [5.41, 5.74) is 5.65. The number of nitrogens with two attached hydrogens (primary N) is 1. The second-order valence-corrected chi connectivity index (χ2v) is 4.30. The lowest BCUT2D eigenvalue weighted by molar-refractivity contribution is -0.150. The number of carbonyl (C=O) groups excluding carboxylic acids is 1. The first kappa shape index (κ1) is 11.8. The van der Waals surface area contributed by atoms with Crippen LogP contribution in [0, 0.1) is 0 Å². The van der Waals surface area contributed by atoms with Gasteiger partial charge in [-0.05, 0) is 18.4 Å². The molecule has 2 atom stereocenters. The molecular weight excluding hydrogens is 202 g/mol. The van der Waals surface area contributed by atoms with Crippen molar-refractivity contribution < 1.29 is 14.3 Å². The molecule has 2 N–H and O–H groups in total. The molecule has 0 bridgehead atoms. The number of hydrogen-bond donors (Lipinski definition) is 1. The number of carbonyl (C=O) groups is 1. The van der Waals surface area contributed by atoms with Gasteiger partial charge >= 0.3 is 5.97 Å². The van der Waals surface area contributed by atoms with Crippen molar-refractivity contribution in [3.8, 4) is 0 Å². The molecule has 1 unspecified atom stereocenters. The smallest absolute Gasteiger partial charge is 0.323 e. The summed E-state index contributed by atoms with van der Waals surface area (Å²) in [7, 11) is 0. The van der Waals surface area contributed by atoms with Gasteiger partial charge < -0.3 is 15.2 Å². The van der Waals surface area contributed by atoms with Crippen molar-refractivity contribution in [1.82, 2.24) is 0 Å². The van der Waals surface area contributed by atoms with Crippen molar-refractivity contribution in [2.24, 2.45) is 5.73 Å². The van der Waals surface area contributed by atoms with Crippen molar-refractivity contribution in [1.29, 1.82) is 0 Å². The molecule has 5 heteroatoms. The highest BCUT2D eigenvalue weighted by Gasteiger charge is 2.23. The highest BCUT2D eigenvalue weighted by Crippen LogP contribution is 2.10. The van der Waals surface area contributed by atoms with E-state index >= 15 is 0 Å². The molecule has 0 aromatic rings. The summed E-state index contributed by atoms with van der Waals surface area (Å²) in [5.74, 6) is 0.590. The van der Waals surface area contributed by atoms with Crippen molar-refractivity contribution >= 4 is 17.7 Å². The van der Waals surface area contributed by atoms with Crippen LogP contribution in [0.1, 0.15) is 12.8 Å². The van der Waals surface area contributed by atoms with Crippen LogP contribution in [0.3, 0.4) is 0 Å². The summed E-state index contributed by atoms with van der Waals surface area (Å²) < 4.78 is 10.3. The van der Waals surface area contributed by atoms with E-state index in [2.05, 4.69) is 0 Å². The van der Waals surface area contributed by atoms with Gasteiger partial charge in [0.2, 0.25) is 0 Å². The fourth-order valence-electron chi connectivity index (χ4n) is 1.22. The van der Waals surface area contributed by atoms with E-state index in [1.165, 1.54) is 0 Å². The van der Waals surface area contributed by atoms with Gasteiger partial charge in [-0.3, -0.25) is 4.79 Å². The first-order chi connectivity index (χ1) is 6.74. The Hall–Kier alpha value is -0.260. The summed E-state index contributed by atoms with van der Waals surface area (Å²) in [6.45, 7) is 1.19. The van der Waals surface area contributed by atoms with Crippen LogP contribution in [0.25, 0.3) is 0 Å². The summed E-state index contributed by atoms with van der Waals surface area (Å²) in [6, 6.07) is -0.483. The zero-order valence-electron chi connectivity index (χ0n) is 8.40. The van der Waals surface area contributed by atoms with Gasteiger partial charge in [0, 0.05) is 6.42 Å². The maximum Gasteiger partial charge on any atom is 0.323 e. The minimum absolute atomic E-state index is 0.0807. The lowest BCUT2D eigenvalue weighted by Gasteiger charge is -2.14. The normalized spacial score (nSPS) is 23.4. The van der Waals surface area contributed by atoms with Crippen molar-refractivity contribution in [3.63, 3.8) is 0 Å². The SMILES string of the molecule is CSCC[C@@H](N)C(=O)OC1CCOC1. The van der Waals surface area contributed by atoms with E-state index in [1.54, 1.807) is 11.8 Å². The Bertz CT molecular complexity index is 183. The largest absolute Gasteiger partial charge is 0.459 e. The molecule has 4 nitrogen and oxygen atoms in total. The van der Waals surface area contributed by atoms with Gasteiger partial charge in [-0.15, -0.1) is 0 Å². The van der Waals surface area contributed by atoms with Gasteiger partial charge in [-0.1, -0.05) is 0 Å². The molecule has 82 valence electrons. The maximum absolute atomic E-state index is 11.4. The monoisotopic (exact) mass is 219 g/mol. The number of thioether (sulfide) groups is 1. The second-order valence-electron chi connectivity index (χ2n) is 3.31. The Kier molecular flexibility index (Phi) is 5.29. The molecular formula is C9H17NO3S. The van der Waals surface area contributed by atoms with E-state index in [4.69, 9.17) is 15.2 Å². The number of hydrogen-bond acceptors (Lipinski definition) is 5. The van der Waals surface area contributed by atoms with E-state index in [0.717, 1.165) is 12.2 Å². The van der Waals surface area contributed by atoms with Crippen LogP contribution in [0.2, 0.25) is 0 Å². The molecule has 14 heavy (non-hydrogen) atoms. The third-order valence-corrected chi connectivity index (χ3v) is 2.75. The van der Waals surface area contributed by atoms with Crippen LogP contribution in [-0.4, -0.2) is 43.3 Å². The molecule has 1 aliphatic rings. The Morgan fingerprint density at radius 1 is 1.79 bits per heavy atom. The van der Waals surface area contributed by atoms with E-state index in [1.807, 2.05) is 6.26 Å². The lowest BCUT2D eigenvalue weighted by atomic mass is 10.2. The first-order valence-electron chi connectivity index (χ1n) is 4.76.